The fourth-order valence-electron chi connectivity index (χ4n) is 3.23. The SMILES string of the molecule is CS(=O)(=O)N1CCC12CCN(C(=O)c1cnccn1)CC2. The van der Waals surface area contributed by atoms with Crippen molar-refractivity contribution in [2.45, 2.75) is 24.8 Å². The minimum Gasteiger partial charge on any atom is -0.337 e. The standard InChI is InChI=1S/C13H18N4O3S/c1-21(19,20)17-9-4-13(17)2-7-16(8-3-13)12(18)11-10-14-5-6-15-11/h5-6,10H,2-4,7-9H2,1H3. The molecule has 0 unspecified atom stereocenters. The fraction of sp³-hybridized carbons (Fsp3) is 0.615. The Morgan fingerprint density at radius 1 is 1.19 bits per heavy atom. The first-order chi connectivity index (χ1) is 9.92. The molecular formula is C13H18N4O3S. The van der Waals surface area contributed by atoms with E-state index in [-0.39, 0.29) is 11.4 Å². The van der Waals surface area contributed by atoms with Gasteiger partial charge in [0.15, 0.2) is 0 Å². The second kappa shape index (κ2) is 5.03. The van der Waals surface area contributed by atoms with Gasteiger partial charge in [0.1, 0.15) is 5.69 Å². The highest BCUT2D eigenvalue weighted by molar-refractivity contribution is 7.88. The Balaban J connectivity index is 1.68. The smallest absolute Gasteiger partial charge is 0.274 e. The lowest BCUT2D eigenvalue weighted by Crippen LogP contribution is -2.65. The van der Waals surface area contributed by atoms with E-state index in [2.05, 4.69) is 9.97 Å². The van der Waals surface area contributed by atoms with Crippen molar-refractivity contribution >= 4 is 15.9 Å². The molecule has 1 aromatic heterocycles. The number of rotatable bonds is 2. The summed E-state index contributed by atoms with van der Waals surface area (Å²) in [5.74, 6) is -0.136. The number of hydrogen-bond donors (Lipinski definition) is 0. The zero-order valence-electron chi connectivity index (χ0n) is 11.9. The van der Waals surface area contributed by atoms with E-state index in [1.165, 1.54) is 24.8 Å². The molecule has 0 N–H and O–H groups in total. The molecule has 1 aromatic rings. The van der Waals surface area contributed by atoms with Crippen LogP contribution in [0.5, 0.6) is 0 Å². The maximum Gasteiger partial charge on any atom is 0.274 e. The van der Waals surface area contributed by atoms with Crippen molar-refractivity contribution < 1.29 is 13.2 Å². The monoisotopic (exact) mass is 310 g/mol. The molecule has 1 spiro atoms. The van der Waals surface area contributed by atoms with Gasteiger partial charge in [0.25, 0.3) is 5.91 Å². The Bertz CT molecular complexity index is 639. The van der Waals surface area contributed by atoms with Gasteiger partial charge < -0.3 is 4.90 Å². The van der Waals surface area contributed by atoms with Crippen LogP contribution in [0.4, 0.5) is 0 Å². The van der Waals surface area contributed by atoms with Crippen LogP contribution in [-0.2, 0) is 10.0 Å². The molecule has 3 rings (SSSR count). The zero-order valence-corrected chi connectivity index (χ0v) is 12.7. The molecule has 3 heterocycles. The second-order valence-corrected chi connectivity index (χ2v) is 7.60. The number of amides is 1. The van der Waals surface area contributed by atoms with Crippen molar-refractivity contribution in [1.82, 2.24) is 19.2 Å². The van der Waals surface area contributed by atoms with Gasteiger partial charge >= 0.3 is 0 Å². The molecule has 114 valence electrons. The topological polar surface area (TPSA) is 83.5 Å². The molecule has 0 aromatic carbocycles. The molecule has 2 saturated heterocycles. The van der Waals surface area contributed by atoms with E-state index in [0.717, 1.165) is 6.42 Å². The minimum absolute atomic E-state index is 0.136. The highest BCUT2D eigenvalue weighted by atomic mass is 32.2. The summed E-state index contributed by atoms with van der Waals surface area (Å²) in [5, 5.41) is 0. The molecule has 21 heavy (non-hydrogen) atoms. The number of carbonyl (C=O) groups excluding carboxylic acids is 1. The molecule has 0 aliphatic carbocycles. The molecule has 7 nitrogen and oxygen atoms in total. The van der Waals surface area contributed by atoms with E-state index < -0.39 is 10.0 Å². The Morgan fingerprint density at radius 3 is 2.33 bits per heavy atom. The summed E-state index contributed by atoms with van der Waals surface area (Å²) in [7, 11) is -3.16. The molecule has 0 atom stereocenters. The van der Waals surface area contributed by atoms with Crippen molar-refractivity contribution in [3.63, 3.8) is 0 Å². The van der Waals surface area contributed by atoms with Gasteiger partial charge in [-0.2, -0.15) is 4.31 Å². The second-order valence-electron chi connectivity index (χ2n) is 5.69. The molecule has 0 radical (unpaired) electrons. The number of carbonyl (C=O) groups is 1. The van der Waals surface area contributed by atoms with Gasteiger partial charge in [-0.1, -0.05) is 0 Å². The van der Waals surface area contributed by atoms with Crippen LogP contribution in [0.25, 0.3) is 0 Å². The number of sulfonamides is 1. The third-order valence-corrected chi connectivity index (χ3v) is 5.84. The predicted molar refractivity (Wildman–Crippen MR) is 76.1 cm³/mol. The lowest BCUT2D eigenvalue weighted by Gasteiger charge is -2.54. The summed E-state index contributed by atoms with van der Waals surface area (Å²) < 4.78 is 25.1. The summed E-state index contributed by atoms with van der Waals surface area (Å²) in [5.41, 5.74) is 0.0641. The van der Waals surface area contributed by atoms with Crippen LogP contribution in [0.15, 0.2) is 18.6 Å². The Hall–Kier alpha value is -1.54. The van der Waals surface area contributed by atoms with Crippen LogP contribution in [0, 0.1) is 0 Å². The van der Waals surface area contributed by atoms with E-state index in [9.17, 15) is 13.2 Å². The zero-order chi connectivity index (χ0) is 15.1. The van der Waals surface area contributed by atoms with Crippen molar-refractivity contribution in [1.29, 1.82) is 0 Å². The predicted octanol–water partition coefficient (Wildman–Crippen LogP) is 0.117. The Labute approximate surface area is 124 Å². The van der Waals surface area contributed by atoms with Crippen molar-refractivity contribution in [3.05, 3.63) is 24.3 Å². The molecule has 2 aliphatic heterocycles. The van der Waals surface area contributed by atoms with E-state index >= 15 is 0 Å². The summed E-state index contributed by atoms with van der Waals surface area (Å²) in [6, 6.07) is 0. The summed E-state index contributed by atoms with van der Waals surface area (Å²) in [6.07, 6.45) is 7.99. The first kappa shape index (κ1) is 14.4. The largest absolute Gasteiger partial charge is 0.337 e. The van der Waals surface area contributed by atoms with Gasteiger partial charge in [-0.15, -0.1) is 0 Å². The lowest BCUT2D eigenvalue weighted by atomic mass is 9.79. The van der Waals surface area contributed by atoms with Gasteiger partial charge in [-0.3, -0.25) is 9.78 Å². The van der Waals surface area contributed by atoms with Crippen LogP contribution in [0.3, 0.4) is 0 Å². The van der Waals surface area contributed by atoms with Gasteiger partial charge in [-0.25, -0.2) is 13.4 Å². The van der Waals surface area contributed by atoms with Crippen LogP contribution >= 0.6 is 0 Å². The molecule has 8 heteroatoms. The summed E-state index contributed by atoms with van der Waals surface area (Å²) in [4.78, 5) is 21.9. The molecule has 0 saturated carbocycles. The van der Waals surface area contributed by atoms with Gasteiger partial charge in [-0.05, 0) is 19.3 Å². The van der Waals surface area contributed by atoms with Gasteiger partial charge in [0, 0.05) is 37.6 Å². The molecule has 2 fully saturated rings. The molecular weight excluding hydrogens is 292 g/mol. The first-order valence-electron chi connectivity index (χ1n) is 6.96. The Morgan fingerprint density at radius 2 is 1.86 bits per heavy atom. The first-order valence-corrected chi connectivity index (χ1v) is 8.80. The maximum absolute atomic E-state index is 12.3. The van der Waals surface area contributed by atoms with Crippen LogP contribution in [-0.4, -0.2) is 64.9 Å². The minimum atomic E-state index is -3.16. The van der Waals surface area contributed by atoms with Gasteiger partial charge in [0.05, 0.1) is 12.5 Å². The lowest BCUT2D eigenvalue weighted by molar-refractivity contribution is 0.00675. The highest BCUT2D eigenvalue weighted by Crippen LogP contribution is 2.41. The van der Waals surface area contributed by atoms with E-state index in [4.69, 9.17) is 0 Å². The third-order valence-electron chi connectivity index (χ3n) is 4.47. The normalized spacial score (nSPS) is 22.0. The quantitative estimate of drug-likeness (QED) is 0.774. The number of likely N-dealkylation sites (tertiary alicyclic amines) is 1. The van der Waals surface area contributed by atoms with E-state index in [0.29, 0.717) is 38.2 Å². The third kappa shape index (κ3) is 2.53. The molecule has 2 aliphatic rings. The van der Waals surface area contributed by atoms with Crippen LogP contribution in [0.2, 0.25) is 0 Å². The maximum atomic E-state index is 12.3. The average molecular weight is 310 g/mol. The summed E-state index contributed by atoms with van der Waals surface area (Å²) >= 11 is 0. The summed E-state index contributed by atoms with van der Waals surface area (Å²) in [6.45, 7) is 1.71. The van der Waals surface area contributed by atoms with E-state index in [1.54, 1.807) is 9.21 Å². The fourth-order valence-corrected chi connectivity index (χ4v) is 4.63. The number of hydrogen-bond acceptors (Lipinski definition) is 5. The van der Waals surface area contributed by atoms with Crippen molar-refractivity contribution in [2.24, 2.45) is 0 Å². The molecule has 1 amide bonds. The van der Waals surface area contributed by atoms with Crippen molar-refractivity contribution in [3.8, 4) is 0 Å². The van der Waals surface area contributed by atoms with Crippen LogP contribution < -0.4 is 0 Å². The van der Waals surface area contributed by atoms with Crippen LogP contribution in [0.1, 0.15) is 29.8 Å². The molecule has 0 bridgehead atoms. The average Bonchev–Trinajstić information content (AvgIpc) is 2.45. The van der Waals surface area contributed by atoms with E-state index in [1.807, 2.05) is 0 Å². The van der Waals surface area contributed by atoms with Crippen molar-refractivity contribution in [2.75, 3.05) is 25.9 Å². The number of aromatic nitrogens is 2. The highest BCUT2D eigenvalue weighted by Gasteiger charge is 2.51. The van der Waals surface area contributed by atoms with Gasteiger partial charge in [0.2, 0.25) is 10.0 Å². The number of piperidine rings is 1. The Kier molecular flexibility index (Phi) is 3.45. The number of nitrogens with zero attached hydrogens (tertiary/aromatic N) is 4.